The van der Waals surface area contributed by atoms with Crippen LogP contribution in [0.2, 0.25) is 5.02 Å². The summed E-state index contributed by atoms with van der Waals surface area (Å²) in [6.45, 7) is 0. The molecular formula is C20H17ClN2O3S. The Morgan fingerprint density at radius 1 is 1.19 bits per heavy atom. The fourth-order valence-electron chi connectivity index (χ4n) is 2.59. The van der Waals surface area contributed by atoms with Crippen LogP contribution in [0.15, 0.2) is 60.1 Å². The summed E-state index contributed by atoms with van der Waals surface area (Å²) >= 11 is 7.45. The Bertz CT molecular complexity index is 927. The Hall–Kier alpha value is -2.70. The number of carbonyl (C=O) groups excluding carboxylic acids is 2. The van der Waals surface area contributed by atoms with Gasteiger partial charge < -0.3 is 10.1 Å². The van der Waals surface area contributed by atoms with Crippen molar-refractivity contribution in [3.8, 4) is 11.1 Å². The molecule has 7 heteroatoms. The average molecular weight is 401 g/mol. The Balaban J connectivity index is 1.73. The van der Waals surface area contributed by atoms with Crippen molar-refractivity contribution >= 4 is 34.8 Å². The summed E-state index contributed by atoms with van der Waals surface area (Å²) in [6, 6.07) is 13.8. The summed E-state index contributed by atoms with van der Waals surface area (Å²) < 4.78 is 4.80. The molecule has 3 rings (SSSR count). The molecule has 0 aliphatic rings. The Kier molecular flexibility index (Phi) is 6.21. The minimum absolute atomic E-state index is 0.288. The Morgan fingerprint density at radius 2 is 1.96 bits per heavy atom. The third kappa shape index (κ3) is 4.93. The normalized spacial score (nSPS) is 11.6. The van der Waals surface area contributed by atoms with E-state index in [9.17, 15) is 9.59 Å². The first-order valence-corrected chi connectivity index (χ1v) is 9.45. The summed E-state index contributed by atoms with van der Waals surface area (Å²) in [5, 5.41) is 5.94. The highest BCUT2D eigenvalue weighted by Crippen LogP contribution is 2.23. The second kappa shape index (κ2) is 8.79. The van der Waals surface area contributed by atoms with Crippen LogP contribution >= 0.6 is 22.9 Å². The topological polar surface area (TPSA) is 68.3 Å². The number of thiazole rings is 1. The first kappa shape index (κ1) is 19.1. The van der Waals surface area contributed by atoms with Crippen LogP contribution in [0.1, 0.15) is 15.4 Å². The lowest BCUT2D eigenvalue weighted by Gasteiger charge is -2.15. The van der Waals surface area contributed by atoms with E-state index in [0.717, 1.165) is 16.1 Å². The van der Waals surface area contributed by atoms with Crippen LogP contribution in [-0.4, -0.2) is 30.0 Å². The number of nitrogens with zero attached hydrogens (tertiary/aromatic N) is 1. The molecule has 27 heavy (non-hydrogen) atoms. The van der Waals surface area contributed by atoms with Gasteiger partial charge in [0, 0.05) is 28.6 Å². The lowest BCUT2D eigenvalue weighted by molar-refractivity contribution is -0.142. The largest absolute Gasteiger partial charge is 0.467 e. The van der Waals surface area contributed by atoms with Gasteiger partial charge in [-0.05, 0) is 35.4 Å². The number of methoxy groups -OCH3 is 1. The molecule has 0 saturated heterocycles. The number of esters is 1. The van der Waals surface area contributed by atoms with Gasteiger partial charge in [-0.2, -0.15) is 0 Å². The Morgan fingerprint density at radius 3 is 2.59 bits per heavy atom. The number of nitrogens with one attached hydrogen (secondary N) is 1. The van der Waals surface area contributed by atoms with Gasteiger partial charge in [0.2, 0.25) is 0 Å². The maximum atomic E-state index is 12.5. The van der Waals surface area contributed by atoms with Gasteiger partial charge in [0.15, 0.2) is 0 Å². The number of carbonyl (C=O) groups is 2. The van der Waals surface area contributed by atoms with Gasteiger partial charge in [-0.25, -0.2) is 9.78 Å². The fraction of sp³-hybridized carbons (Fsp3) is 0.150. The number of rotatable bonds is 6. The van der Waals surface area contributed by atoms with Crippen LogP contribution in [0.4, 0.5) is 0 Å². The molecule has 1 heterocycles. The number of amides is 1. The lowest BCUT2D eigenvalue weighted by Crippen LogP contribution is -2.43. The minimum atomic E-state index is -0.791. The number of benzene rings is 2. The van der Waals surface area contributed by atoms with E-state index in [1.54, 1.807) is 18.3 Å². The maximum absolute atomic E-state index is 12.5. The van der Waals surface area contributed by atoms with E-state index < -0.39 is 12.0 Å². The van der Waals surface area contributed by atoms with Crippen LogP contribution in [-0.2, 0) is 16.0 Å². The van der Waals surface area contributed by atoms with Gasteiger partial charge in [-0.3, -0.25) is 4.79 Å². The van der Waals surface area contributed by atoms with E-state index in [1.807, 2.05) is 41.8 Å². The predicted octanol–water partition coefficient (Wildman–Crippen LogP) is 3.98. The summed E-state index contributed by atoms with van der Waals surface area (Å²) in [4.78, 5) is 28.7. The molecule has 0 aliphatic heterocycles. The summed E-state index contributed by atoms with van der Waals surface area (Å²) in [5.41, 5.74) is 2.36. The van der Waals surface area contributed by atoms with Crippen molar-refractivity contribution in [1.82, 2.24) is 10.3 Å². The monoisotopic (exact) mass is 400 g/mol. The van der Waals surface area contributed by atoms with Gasteiger partial charge in [-0.1, -0.05) is 35.9 Å². The van der Waals surface area contributed by atoms with Gasteiger partial charge in [-0.15, -0.1) is 11.3 Å². The second-order valence-corrected chi connectivity index (χ2v) is 7.18. The summed E-state index contributed by atoms with van der Waals surface area (Å²) in [7, 11) is 1.29. The zero-order chi connectivity index (χ0) is 19.2. The van der Waals surface area contributed by atoms with E-state index >= 15 is 0 Å². The molecule has 1 aromatic heterocycles. The average Bonchev–Trinajstić information content (AvgIpc) is 3.20. The van der Waals surface area contributed by atoms with Gasteiger partial charge >= 0.3 is 5.97 Å². The molecule has 0 bridgehead atoms. The highest BCUT2D eigenvalue weighted by Gasteiger charge is 2.23. The van der Waals surface area contributed by atoms with E-state index in [1.165, 1.54) is 18.4 Å². The molecule has 2 aromatic carbocycles. The lowest BCUT2D eigenvalue weighted by atomic mass is 10.0. The summed E-state index contributed by atoms with van der Waals surface area (Å²) in [5.74, 6) is -0.853. The molecule has 0 saturated carbocycles. The van der Waals surface area contributed by atoms with Crippen LogP contribution in [0, 0.1) is 0 Å². The number of ether oxygens (including phenoxy) is 1. The summed E-state index contributed by atoms with van der Waals surface area (Å²) in [6.07, 6.45) is 1.95. The van der Waals surface area contributed by atoms with Crippen LogP contribution in [0.3, 0.4) is 0 Å². The standard InChI is InChI=1S/C20H17ClN2O3S/c1-26-20(25)17(12-18-22-9-10-27-18)23-19(24)14-7-5-13(6-8-14)15-3-2-4-16(21)11-15/h2-11,17H,12H2,1H3,(H,23,24). The second-order valence-electron chi connectivity index (χ2n) is 5.77. The van der Waals surface area contributed by atoms with Crippen LogP contribution in [0.25, 0.3) is 11.1 Å². The fourth-order valence-corrected chi connectivity index (χ4v) is 3.44. The van der Waals surface area contributed by atoms with Gasteiger partial charge in [0.1, 0.15) is 6.04 Å². The molecule has 138 valence electrons. The molecule has 0 spiro atoms. The zero-order valence-corrected chi connectivity index (χ0v) is 16.1. The molecular weight excluding hydrogens is 384 g/mol. The third-order valence-corrected chi connectivity index (χ3v) is 5.00. The first-order chi connectivity index (χ1) is 13.1. The highest BCUT2D eigenvalue weighted by atomic mass is 35.5. The molecule has 1 amide bonds. The molecule has 5 nitrogen and oxygen atoms in total. The Labute approximate surface area is 166 Å². The zero-order valence-electron chi connectivity index (χ0n) is 14.5. The van der Waals surface area contributed by atoms with Gasteiger partial charge in [0.25, 0.3) is 5.91 Å². The number of halogens is 1. The van der Waals surface area contributed by atoms with Gasteiger partial charge in [0.05, 0.1) is 12.1 Å². The smallest absolute Gasteiger partial charge is 0.328 e. The van der Waals surface area contributed by atoms with Crippen molar-refractivity contribution in [3.05, 3.63) is 75.7 Å². The molecule has 0 radical (unpaired) electrons. The van der Waals surface area contributed by atoms with Crippen LogP contribution < -0.4 is 5.32 Å². The number of aromatic nitrogens is 1. The molecule has 1 N–H and O–H groups in total. The van der Waals surface area contributed by atoms with Crippen molar-refractivity contribution in [2.24, 2.45) is 0 Å². The van der Waals surface area contributed by atoms with Crippen molar-refractivity contribution < 1.29 is 14.3 Å². The van der Waals surface area contributed by atoms with E-state index in [2.05, 4.69) is 10.3 Å². The van der Waals surface area contributed by atoms with E-state index in [-0.39, 0.29) is 12.3 Å². The first-order valence-electron chi connectivity index (χ1n) is 8.20. The van der Waals surface area contributed by atoms with Crippen molar-refractivity contribution in [2.45, 2.75) is 12.5 Å². The number of hydrogen-bond acceptors (Lipinski definition) is 5. The van der Waals surface area contributed by atoms with Crippen LogP contribution in [0.5, 0.6) is 0 Å². The van der Waals surface area contributed by atoms with E-state index in [4.69, 9.17) is 16.3 Å². The molecule has 1 unspecified atom stereocenters. The van der Waals surface area contributed by atoms with Crippen molar-refractivity contribution in [2.75, 3.05) is 7.11 Å². The van der Waals surface area contributed by atoms with E-state index in [0.29, 0.717) is 10.6 Å². The molecule has 3 aromatic rings. The SMILES string of the molecule is COC(=O)C(Cc1nccs1)NC(=O)c1ccc(-c2cccc(Cl)c2)cc1. The van der Waals surface area contributed by atoms with Crippen molar-refractivity contribution in [3.63, 3.8) is 0 Å². The molecule has 1 atom stereocenters. The maximum Gasteiger partial charge on any atom is 0.328 e. The predicted molar refractivity (Wildman–Crippen MR) is 106 cm³/mol. The highest BCUT2D eigenvalue weighted by molar-refractivity contribution is 7.09. The molecule has 0 aliphatic carbocycles. The third-order valence-electron chi connectivity index (χ3n) is 3.96. The quantitative estimate of drug-likeness (QED) is 0.635. The van der Waals surface area contributed by atoms with Crippen molar-refractivity contribution in [1.29, 1.82) is 0 Å². The number of hydrogen-bond donors (Lipinski definition) is 1. The molecule has 0 fully saturated rings. The minimum Gasteiger partial charge on any atom is -0.467 e.